The molecular formula is C31H38ClFN4O8. The van der Waals surface area contributed by atoms with Crippen molar-refractivity contribution in [1.29, 1.82) is 5.26 Å². The normalized spacial score (nSPS) is 12.6. The third-order valence-electron chi connectivity index (χ3n) is 6.03. The molecule has 2 amide bonds. The monoisotopic (exact) mass is 648 g/mol. The number of alkyl carbamates (subject to hydrolysis) is 1. The molecule has 0 heterocycles. The van der Waals surface area contributed by atoms with E-state index in [0.29, 0.717) is 19.6 Å². The van der Waals surface area contributed by atoms with Crippen LogP contribution in [0.5, 0.6) is 5.75 Å². The summed E-state index contributed by atoms with van der Waals surface area (Å²) in [7, 11) is 2.87. The van der Waals surface area contributed by atoms with E-state index >= 15 is 0 Å². The van der Waals surface area contributed by atoms with Crippen LogP contribution >= 0.6 is 11.6 Å². The second-order valence-corrected chi connectivity index (χ2v) is 11.1. The average Bonchev–Trinajstić information content (AvgIpc) is 2.99. The number of ether oxygens (including phenoxy) is 5. The van der Waals surface area contributed by atoms with Crippen molar-refractivity contribution in [2.45, 2.75) is 39.2 Å². The third kappa shape index (κ3) is 12.3. The zero-order valence-electron chi connectivity index (χ0n) is 25.9. The van der Waals surface area contributed by atoms with E-state index in [0.717, 1.165) is 0 Å². The lowest BCUT2D eigenvalue weighted by Crippen LogP contribution is -2.32. The quantitative estimate of drug-likeness (QED) is 0.109. The number of carbonyl (C=O) groups is 3. The molecule has 0 aliphatic heterocycles. The van der Waals surface area contributed by atoms with Crippen LogP contribution in [0.2, 0.25) is 5.02 Å². The fourth-order valence-corrected chi connectivity index (χ4v) is 3.87. The first-order chi connectivity index (χ1) is 21.4. The number of anilines is 1. The van der Waals surface area contributed by atoms with Crippen molar-refractivity contribution in [1.82, 2.24) is 5.32 Å². The van der Waals surface area contributed by atoms with Crippen LogP contribution in [0.4, 0.5) is 14.9 Å². The van der Waals surface area contributed by atoms with Gasteiger partial charge in [0.1, 0.15) is 23.5 Å². The predicted molar refractivity (Wildman–Crippen MR) is 165 cm³/mol. The van der Waals surface area contributed by atoms with Crippen LogP contribution in [0, 0.1) is 22.6 Å². The Labute approximate surface area is 266 Å². The number of amides is 2. The number of aliphatic imine (C=N–C) groups is 1. The van der Waals surface area contributed by atoms with E-state index in [1.807, 2.05) is 26.8 Å². The summed E-state index contributed by atoms with van der Waals surface area (Å²) in [6, 6.07) is 8.90. The third-order valence-corrected chi connectivity index (χ3v) is 6.32. The highest BCUT2D eigenvalue weighted by Gasteiger charge is 2.32. The molecule has 0 saturated carbocycles. The van der Waals surface area contributed by atoms with Crippen LogP contribution in [0.3, 0.4) is 0 Å². The molecule has 0 unspecified atom stereocenters. The second kappa shape index (κ2) is 18.5. The van der Waals surface area contributed by atoms with Crippen LogP contribution in [0.1, 0.15) is 49.0 Å². The number of nitrogens with one attached hydrogen (secondary N) is 2. The summed E-state index contributed by atoms with van der Waals surface area (Å²) in [5.74, 6) is -3.58. The van der Waals surface area contributed by atoms with E-state index in [-0.39, 0.29) is 46.2 Å². The molecule has 0 fully saturated rings. The number of nitriles is 1. The molecule has 0 aliphatic rings. The van der Waals surface area contributed by atoms with Crippen molar-refractivity contribution >= 4 is 41.5 Å². The summed E-state index contributed by atoms with van der Waals surface area (Å²) in [4.78, 5) is 42.2. The lowest BCUT2D eigenvalue weighted by molar-refractivity contribution is -0.117. The van der Waals surface area contributed by atoms with E-state index in [2.05, 4.69) is 15.6 Å². The zero-order chi connectivity index (χ0) is 33.4. The molecule has 0 bridgehead atoms. The van der Waals surface area contributed by atoms with Gasteiger partial charge in [0, 0.05) is 25.4 Å². The van der Waals surface area contributed by atoms with E-state index in [4.69, 9.17) is 35.3 Å². The smallest absolute Gasteiger partial charge is 0.410 e. The van der Waals surface area contributed by atoms with Crippen LogP contribution in [0.25, 0.3) is 0 Å². The Hall–Kier alpha value is -4.25. The Morgan fingerprint density at radius 3 is 2.53 bits per heavy atom. The Balaban J connectivity index is 2.13. The first kappa shape index (κ1) is 36.9. The number of esters is 1. The van der Waals surface area contributed by atoms with E-state index in [1.54, 1.807) is 7.11 Å². The van der Waals surface area contributed by atoms with Gasteiger partial charge in [0.2, 0.25) is 6.79 Å². The van der Waals surface area contributed by atoms with Gasteiger partial charge in [0.25, 0.3) is 5.91 Å². The fraction of sp³-hybridized carbons (Fsp3) is 0.452. The molecule has 2 N–H and O–H groups in total. The van der Waals surface area contributed by atoms with Crippen molar-refractivity contribution in [2.24, 2.45) is 10.4 Å². The van der Waals surface area contributed by atoms with E-state index < -0.39 is 42.5 Å². The number of benzene rings is 2. The molecule has 0 spiro atoms. The molecule has 0 radical (unpaired) electrons. The van der Waals surface area contributed by atoms with Crippen molar-refractivity contribution in [3.63, 3.8) is 0 Å². The molecule has 0 aliphatic carbocycles. The lowest BCUT2D eigenvalue weighted by atomic mass is 9.91. The number of nitrogens with zero attached hydrogens (tertiary/aromatic N) is 2. The maximum atomic E-state index is 14.9. The number of carbonyl (C=O) groups excluding carboxylic acids is 3. The number of rotatable bonds is 16. The lowest BCUT2D eigenvalue weighted by Gasteiger charge is -2.21. The molecule has 45 heavy (non-hydrogen) atoms. The summed E-state index contributed by atoms with van der Waals surface area (Å²) >= 11 is 5.95. The molecular weight excluding hydrogens is 611 g/mol. The van der Waals surface area contributed by atoms with Crippen molar-refractivity contribution in [2.75, 3.05) is 52.7 Å². The molecule has 2 atom stereocenters. The highest BCUT2D eigenvalue weighted by atomic mass is 35.5. The molecule has 2 aromatic rings. The highest BCUT2D eigenvalue weighted by molar-refractivity contribution is 6.30. The van der Waals surface area contributed by atoms with Gasteiger partial charge in [-0.15, -0.1) is 0 Å². The minimum atomic E-state index is -1.35. The van der Waals surface area contributed by atoms with Crippen LogP contribution < -0.4 is 15.4 Å². The van der Waals surface area contributed by atoms with Crippen LogP contribution in [-0.2, 0) is 23.7 Å². The summed E-state index contributed by atoms with van der Waals surface area (Å²) in [6.45, 7) is 6.53. The molecule has 2 aromatic carbocycles. The molecule has 0 aromatic heterocycles. The fourth-order valence-electron chi connectivity index (χ4n) is 3.68. The van der Waals surface area contributed by atoms with Gasteiger partial charge in [-0.1, -0.05) is 44.5 Å². The van der Waals surface area contributed by atoms with Gasteiger partial charge in [-0.3, -0.25) is 9.79 Å². The number of methoxy groups -OCH3 is 2. The van der Waals surface area contributed by atoms with Crippen LogP contribution in [0.15, 0.2) is 41.4 Å². The average molecular weight is 649 g/mol. The molecule has 244 valence electrons. The zero-order valence-corrected chi connectivity index (χ0v) is 26.6. The first-order valence-corrected chi connectivity index (χ1v) is 14.3. The standard InChI is InChI=1S/C31H38ClFN4O8/c1-31(2,3)11-12-35-27(22(18-34)21-7-6-8-23(32)26(21)33)28(38)37-24-10-9-20(17-25(24)42-5)29(39)44-19-45-30(40)36-13-14-43-16-15-41-4/h6-10,12,17,22,27H,11,13-16,19H2,1-5H3,(H,36,40)(H,37,38)/b35-12+/t22-,27+/m0/s1. The number of hydrogen-bond acceptors (Lipinski definition) is 10. The van der Waals surface area contributed by atoms with Gasteiger partial charge in [-0.25, -0.2) is 14.0 Å². The van der Waals surface area contributed by atoms with Crippen molar-refractivity contribution < 1.29 is 42.5 Å². The Morgan fingerprint density at radius 2 is 1.87 bits per heavy atom. The minimum Gasteiger partial charge on any atom is -0.495 e. The van der Waals surface area contributed by atoms with E-state index in [1.165, 1.54) is 49.7 Å². The SMILES string of the molecule is COCCOCCNC(=O)OCOC(=O)c1ccc(NC(=O)[C@H](/N=C/CC(C)(C)C)[C@@H](C#N)c2cccc(Cl)c2F)c(OC)c1. The maximum Gasteiger partial charge on any atom is 0.410 e. The predicted octanol–water partition coefficient (Wildman–Crippen LogP) is 5.11. The van der Waals surface area contributed by atoms with Gasteiger partial charge >= 0.3 is 12.1 Å². The van der Waals surface area contributed by atoms with Crippen molar-refractivity contribution in [3.8, 4) is 11.8 Å². The van der Waals surface area contributed by atoms with Crippen molar-refractivity contribution in [3.05, 3.63) is 58.4 Å². The Morgan fingerprint density at radius 1 is 1.11 bits per heavy atom. The van der Waals surface area contributed by atoms with E-state index in [9.17, 15) is 24.0 Å². The topological polar surface area (TPSA) is 158 Å². The summed E-state index contributed by atoms with van der Waals surface area (Å²) in [6.07, 6.45) is 1.22. The van der Waals surface area contributed by atoms with Gasteiger partial charge in [0.15, 0.2) is 0 Å². The summed E-state index contributed by atoms with van der Waals surface area (Å²) in [5.41, 5.74) is -0.0395. The second-order valence-electron chi connectivity index (χ2n) is 10.7. The van der Waals surface area contributed by atoms with Gasteiger partial charge in [-0.2, -0.15) is 5.26 Å². The molecule has 14 heteroatoms. The molecule has 2 rings (SSSR count). The minimum absolute atomic E-state index is 0.0380. The van der Waals surface area contributed by atoms with Gasteiger partial charge in [-0.05, 0) is 36.1 Å². The summed E-state index contributed by atoms with van der Waals surface area (Å²) < 4.78 is 40.1. The first-order valence-electron chi connectivity index (χ1n) is 13.9. The highest BCUT2D eigenvalue weighted by Crippen LogP contribution is 2.31. The number of halogens is 2. The number of hydrogen-bond donors (Lipinski definition) is 2. The largest absolute Gasteiger partial charge is 0.495 e. The Kier molecular flexibility index (Phi) is 15.2. The molecule has 12 nitrogen and oxygen atoms in total. The maximum absolute atomic E-state index is 14.9. The molecule has 0 saturated heterocycles. The van der Waals surface area contributed by atoms with Gasteiger partial charge < -0.3 is 34.3 Å². The van der Waals surface area contributed by atoms with Crippen LogP contribution in [-0.4, -0.2) is 77.6 Å². The van der Waals surface area contributed by atoms with Gasteiger partial charge in [0.05, 0.1) is 49.3 Å². The summed E-state index contributed by atoms with van der Waals surface area (Å²) in [5, 5.41) is 14.9. The Bertz CT molecular complexity index is 1380.